The Kier molecular flexibility index (Phi) is 7.46. The number of hydrogen-bond donors (Lipinski definition) is 0. The minimum atomic E-state index is -2.28. The standard InChI is InChI=1S/C8H11OSi.ClH.Mg/c1-10(2,9)8-6-4-3-5-7-8;;/h3-7H,1-2H3;1H;/q-1;;+2/p-1. The second-order valence-electron chi connectivity index (χ2n) is 2.88. The van der Waals surface area contributed by atoms with Gasteiger partial charge in [0.15, 0.2) is 0 Å². The quantitative estimate of drug-likeness (QED) is 0.456. The van der Waals surface area contributed by atoms with E-state index in [-0.39, 0.29) is 35.5 Å². The molecule has 0 aliphatic heterocycles. The van der Waals surface area contributed by atoms with E-state index in [0.29, 0.717) is 0 Å². The van der Waals surface area contributed by atoms with Crippen molar-refractivity contribution < 1.29 is 17.2 Å². The van der Waals surface area contributed by atoms with Gasteiger partial charge in [-0.15, -0.1) is 0 Å². The average Bonchev–Trinajstić information content (AvgIpc) is 1.88. The number of benzene rings is 1. The van der Waals surface area contributed by atoms with Crippen LogP contribution in [0.5, 0.6) is 0 Å². The molecule has 0 amide bonds. The average molecular weight is 211 g/mol. The van der Waals surface area contributed by atoms with Crippen molar-refractivity contribution in [2.75, 3.05) is 0 Å². The van der Waals surface area contributed by atoms with Crippen LogP contribution < -0.4 is 22.4 Å². The SMILES string of the molecule is C[Si](C)([O-])c1ccccc1.[Cl-].[Mg+2]. The van der Waals surface area contributed by atoms with Crippen LogP contribution in [0.4, 0.5) is 0 Å². The van der Waals surface area contributed by atoms with Gasteiger partial charge in [-0.3, -0.25) is 0 Å². The van der Waals surface area contributed by atoms with E-state index < -0.39 is 8.32 Å². The number of halogens is 1. The Morgan fingerprint density at radius 3 is 1.75 bits per heavy atom. The smallest absolute Gasteiger partial charge is 1.00 e. The number of hydrogen-bond acceptors (Lipinski definition) is 1. The first-order valence-electron chi connectivity index (χ1n) is 3.36. The molecule has 0 aliphatic rings. The molecule has 0 heterocycles. The van der Waals surface area contributed by atoms with Gasteiger partial charge < -0.3 is 17.2 Å². The molecule has 0 spiro atoms. The van der Waals surface area contributed by atoms with Crippen molar-refractivity contribution >= 4 is 36.6 Å². The van der Waals surface area contributed by atoms with Crippen LogP contribution in [-0.2, 0) is 0 Å². The van der Waals surface area contributed by atoms with Crippen molar-refractivity contribution in [3.8, 4) is 0 Å². The van der Waals surface area contributed by atoms with Gasteiger partial charge in [0.2, 0.25) is 0 Å². The van der Waals surface area contributed by atoms with Crippen LogP contribution >= 0.6 is 0 Å². The van der Waals surface area contributed by atoms with Gasteiger partial charge in [0.1, 0.15) is 0 Å². The second kappa shape index (κ2) is 5.99. The fourth-order valence-electron chi connectivity index (χ4n) is 0.840. The first-order valence-corrected chi connectivity index (χ1v) is 6.27. The maximum atomic E-state index is 11.4. The molecule has 62 valence electrons. The van der Waals surface area contributed by atoms with Gasteiger partial charge in [-0.2, -0.15) is 0 Å². The van der Waals surface area contributed by atoms with E-state index in [1.807, 2.05) is 43.4 Å². The molecule has 0 fully saturated rings. The summed E-state index contributed by atoms with van der Waals surface area (Å²) < 4.78 is 0. The molecule has 0 N–H and O–H groups in total. The fourth-order valence-corrected chi connectivity index (χ4v) is 1.83. The zero-order valence-electron chi connectivity index (χ0n) is 7.38. The van der Waals surface area contributed by atoms with Crippen LogP contribution in [-0.4, -0.2) is 31.4 Å². The van der Waals surface area contributed by atoms with E-state index in [1.165, 1.54) is 0 Å². The van der Waals surface area contributed by atoms with E-state index in [9.17, 15) is 4.80 Å². The van der Waals surface area contributed by atoms with Crippen LogP contribution in [0.25, 0.3) is 0 Å². The van der Waals surface area contributed by atoms with Crippen LogP contribution in [0.2, 0.25) is 13.1 Å². The molecule has 0 aliphatic carbocycles. The van der Waals surface area contributed by atoms with Crippen molar-refractivity contribution in [3.05, 3.63) is 30.3 Å². The molecular weight excluding hydrogens is 200 g/mol. The zero-order chi connectivity index (χ0) is 7.61. The van der Waals surface area contributed by atoms with Gasteiger partial charge in [0.25, 0.3) is 0 Å². The molecule has 12 heavy (non-hydrogen) atoms. The molecule has 1 aromatic rings. The van der Waals surface area contributed by atoms with Crippen LogP contribution in [0.3, 0.4) is 0 Å². The predicted molar refractivity (Wildman–Crippen MR) is 49.3 cm³/mol. The molecule has 1 rings (SSSR count). The molecule has 0 aromatic heterocycles. The van der Waals surface area contributed by atoms with E-state index in [0.717, 1.165) is 5.19 Å². The Labute approximate surface area is 96.9 Å². The third kappa shape index (κ3) is 4.47. The summed E-state index contributed by atoms with van der Waals surface area (Å²) in [6.45, 7) is 3.62. The maximum absolute atomic E-state index is 11.4. The van der Waals surface area contributed by atoms with E-state index in [1.54, 1.807) is 0 Å². The van der Waals surface area contributed by atoms with Gasteiger partial charge in [0.05, 0.1) is 0 Å². The van der Waals surface area contributed by atoms with Crippen molar-refractivity contribution in [2.45, 2.75) is 13.1 Å². The topological polar surface area (TPSA) is 23.1 Å². The molecule has 0 unspecified atom stereocenters. The zero-order valence-corrected chi connectivity index (χ0v) is 10.6. The Balaban J connectivity index is 0. The van der Waals surface area contributed by atoms with Gasteiger partial charge >= 0.3 is 23.1 Å². The molecule has 0 bridgehead atoms. The van der Waals surface area contributed by atoms with E-state index >= 15 is 0 Å². The summed E-state index contributed by atoms with van der Waals surface area (Å²) in [5.74, 6) is 0. The molecular formula is C8H11ClMgOSi. The summed E-state index contributed by atoms with van der Waals surface area (Å²) in [4.78, 5) is 11.4. The molecule has 4 heteroatoms. The Morgan fingerprint density at radius 2 is 1.50 bits per heavy atom. The summed E-state index contributed by atoms with van der Waals surface area (Å²) in [5, 5.41) is 0.981. The predicted octanol–water partition coefficient (Wildman–Crippen LogP) is -2.92. The van der Waals surface area contributed by atoms with Gasteiger partial charge in [-0.25, -0.2) is 0 Å². The number of rotatable bonds is 1. The van der Waals surface area contributed by atoms with Crippen LogP contribution in [0, 0.1) is 0 Å². The Hall–Kier alpha value is 0.453. The van der Waals surface area contributed by atoms with Gasteiger partial charge in [0, 0.05) is 0 Å². The molecule has 0 radical (unpaired) electrons. The normalized spacial score (nSPS) is 9.58. The fraction of sp³-hybridized carbons (Fsp3) is 0.250. The summed E-state index contributed by atoms with van der Waals surface area (Å²) >= 11 is 0. The second-order valence-corrected chi connectivity index (χ2v) is 6.47. The minimum Gasteiger partial charge on any atom is -1.00 e. The molecule has 1 nitrogen and oxygen atoms in total. The first kappa shape index (κ1) is 14.9. The molecule has 0 atom stereocenters. The third-order valence-electron chi connectivity index (χ3n) is 1.47. The Morgan fingerprint density at radius 1 is 1.08 bits per heavy atom. The summed E-state index contributed by atoms with van der Waals surface area (Å²) in [7, 11) is -2.28. The monoisotopic (exact) mass is 210 g/mol. The Bertz CT molecular complexity index is 210. The van der Waals surface area contributed by atoms with E-state index in [4.69, 9.17) is 0 Å². The summed E-state index contributed by atoms with van der Waals surface area (Å²) in [6.07, 6.45) is 0. The van der Waals surface area contributed by atoms with Crippen molar-refractivity contribution in [2.24, 2.45) is 0 Å². The summed E-state index contributed by atoms with van der Waals surface area (Å²) in [5.41, 5.74) is 0. The van der Waals surface area contributed by atoms with E-state index in [2.05, 4.69) is 0 Å². The third-order valence-corrected chi connectivity index (χ3v) is 3.19. The van der Waals surface area contributed by atoms with Crippen molar-refractivity contribution in [3.63, 3.8) is 0 Å². The molecule has 1 aromatic carbocycles. The van der Waals surface area contributed by atoms with Gasteiger partial charge in [-0.05, 0) is 8.32 Å². The molecule has 0 saturated heterocycles. The van der Waals surface area contributed by atoms with Crippen molar-refractivity contribution in [1.82, 2.24) is 0 Å². The van der Waals surface area contributed by atoms with Crippen LogP contribution in [0.1, 0.15) is 0 Å². The van der Waals surface area contributed by atoms with Crippen LogP contribution in [0.15, 0.2) is 30.3 Å². The first-order chi connectivity index (χ1) is 4.61. The largest absolute Gasteiger partial charge is 2.00 e. The summed E-state index contributed by atoms with van der Waals surface area (Å²) in [6, 6.07) is 9.60. The van der Waals surface area contributed by atoms with Gasteiger partial charge in [-0.1, -0.05) is 48.6 Å². The van der Waals surface area contributed by atoms with Crippen molar-refractivity contribution in [1.29, 1.82) is 0 Å². The maximum Gasteiger partial charge on any atom is 2.00 e. The minimum absolute atomic E-state index is 0. The molecule has 0 saturated carbocycles.